The predicted octanol–water partition coefficient (Wildman–Crippen LogP) is 3.82. The predicted molar refractivity (Wildman–Crippen MR) is 97.6 cm³/mol. The van der Waals surface area contributed by atoms with Crippen LogP contribution in [0.15, 0.2) is 53.3 Å². The SMILES string of the molecule is O=c1[nH]c2ccccc2n1C1CCN(Cc2cccc(Cl)c2)CC1. The first-order valence-electron chi connectivity index (χ1n) is 8.37. The van der Waals surface area contributed by atoms with Crippen molar-refractivity contribution < 1.29 is 0 Å². The summed E-state index contributed by atoms with van der Waals surface area (Å²) < 4.78 is 1.94. The number of halogens is 1. The first-order valence-corrected chi connectivity index (χ1v) is 8.74. The van der Waals surface area contributed by atoms with Gasteiger partial charge in [0.25, 0.3) is 0 Å². The number of para-hydroxylation sites is 2. The molecule has 5 heteroatoms. The molecule has 0 radical (unpaired) electrons. The molecule has 0 aliphatic carbocycles. The largest absolute Gasteiger partial charge is 0.326 e. The molecule has 2 aromatic carbocycles. The van der Waals surface area contributed by atoms with E-state index in [-0.39, 0.29) is 11.7 Å². The number of likely N-dealkylation sites (tertiary alicyclic amines) is 1. The topological polar surface area (TPSA) is 41.0 Å². The summed E-state index contributed by atoms with van der Waals surface area (Å²) in [7, 11) is 0. The number of aromatic nitrogens is 2. The minimum Gasteiger partial charge on any atom is -0.306 e. The van der Waals surface area contributed by atoms with Crippen LogP contribution in [0.5, 0.6) is 0 Å². The second-order valence-corrected chi connectivity index (χ2v) is 6.89. The summed E-state index contributed by atoms with van der Waals surface area (Å²) in [5.74, 6) is 0. The molecule has 24 heavy (non-hydrogen) atoms. The van der Waals surface area contributed by atoms with Gasteiger partial charge in [-0.05, 0) is 42.7 Å². The second-order valence-electron chi connectivity index (χ2n) is 6.45. The number of imidazole rings is 1. The standard InChI is InChI=1S/C19H20ClN3O/c20-15-5-3-4-14(12-15)13-22-10-8-16(9-11-22)23-18-7-2-1-6-17(18)21-19(23)24/h1-7,12,16H,8-11,13H2,(H,21,24). The molecule has 1 N–H and O–H groups in total. The van der Waals surface area contributed by atoms with Gasteiger partial charge in [-0.3, -0.25) is 9.47 Å². The van der Waals surface area contributed by atoms with Crippen molar-refractivity contribution in [3.8, 4) is 0 Å². The molecule has 0 spiro atoms. The Labute approximate surface area is 145 Å². The van der Waals surface area contributed by atoms with Crippen molar-refractivity contribution in [2.45, 2.75) is 25.4 Å². The van der Waals surface area contributed by atoms with E-state index in [9.17, 15) is 4.79 Å². The summed E-state index contributed by atoms with van der Waals surface area (Å²) in [5.41, 5.74) is 3.18. The smallest absolute Gasteiger partial charge is 0.306 e. The Morgan fingerprint density at radius 2 is 1.88 bits per heavy atom. The van der Waals surface area contributed by atoms with Crippen molar-refractivity contribution in [1.82, 2.24) is 14.5 Å². The highest BCUT2D eigenvalue weighted by Gasteiger charge is 2.23. The van der Waals surface area contributed by atoms with Gasteiger partial charge in [-0.1, -0.05) is 35.9 Å². The number of nitrogens with zero attached hydrogens (tertiary/aromatic N) is 2. The molecule has 1 aliphatic rings. The lowest BCUT2D eigenvalue weighted by molar-refractivity contribution is 0.180. The summed E-state index contributed by atoms with van der Waals surface area (Å²) in [4.78, 5) is 17.7. The van der Waals surface area contributed by atoms with Crippen molar-refractivity contribution in [2.24, 2.45) is 0 Å². The van der Waals surface area contributed by atoms with E-state index < -0.39 is 0 Å². The quantitative estimate of drug-likeness (QED) is 0.786. The number of nitrogens with one attached hydrogen (secondary N) is 1. The minimum atomic E-state index is 0.00416. The first kappa shape index (κ1) is 15.5. The maximum absolute atomic E-state index is 12.3. The molecule has 1 fully saturated rings. The van der Waals surface area contributed by atoms with Crippen molar-refractivity contribution in [1.29, 1.82) is 0 Å². The number of benzene rings is 2. The van der Waals surface area contributed by atoms with E-state index in [4.69, 9.17) is 11.6 Å². The first-order chi connectivity index (χ1) is 11.7. The number of hydrogen-bond acceptors (Lipinski definition) is 2. The maximum atomic E-state index is 12.3. The molecule has 0 atom stereocenters. The number of hydrogen-bond donors (Lipinski definition) is 1. The zero-order valence-electron chi connectivity index (χ0n) is 13.4. The fraction of sp³-hybridized carbons (Fsp3) is 0.316. The lowest BCUT2D eigenvalue weighted by Crippen LogP contribution is -2.36. The van der Waals surface area contributed by atoms with Crippen LogP contribution in [0.3, 0.4) is 0 Å². The molecule has 0 amide bonds. The molecular weight excluding hydrogens is 322 g/mol. The Bertz CT molecular complexity index is 906. The van der Waals surface area contributed by atoms with Crippen molar-refractivity contribution in [3.63, 3.8) is 0 Å². The summed E-state index contributed by atoms with van der Waals surface area (Å²) >= 11 is 6.07. The highest BCUT2D eigenvalue weighted by molar-refractivity contribution is 6.30. The van der Waals surface area contributed by atoms with Crippen molar-refractivity contribution in [2.75, 3.05) is 13.1 Å². The van der Waals surface area contributed by atoms with E-state index in [1.165, 1.54) is 5.56 Å². The van der Waals surface area contributed by atoms with Gasteiger partial charge < -0.3 is 4.98 Å². The average molecular weight is 342 g/mol. The molecule has 3 aromatic rings. The van der Waals surface area contributed by atoms with Crippen LogP contribution in [-0.2, 0) is 6.54 Å². The Morgan fingerprint density at radius 1 is 1.08 bits per heavy atom. The normalized spacial score (nSPS) is 16.7. The van der Waals surface area contributed by atoms with Gasteiger partial charge >= 0.3 is 5.69 Å². The van der Waals surface area contributed by atoms with Crippen LogP contribution in [0.1, 0.15) is 24.4 Å². The van der Waals surface area contributed by atoms with Gasteiger partial charge in [0.15, 0.2) is 0 Å². The molecule has 1 saturated heterocycles. The molecule has 1 aromatic heterocycles. The van der Waals surface area contributed by atoms with Gasteiger partial charge in [0.05, 0.1) is 11.0 Å². The maximum Gasteiger partial charge on any atom is 0.326 e. The fourth-order valence-corrected chi connectivity index (χ4v) is 3.88. The molecule has 124 valence electrons. The Kier molecular flexibility index (Phi) is 4.17. The van der Waals surface area contributed by atoms with Crippen LogP contribution in [0, 0.1) is 0 Å². The summed E-state index contributed by atoms with van der Waals surface area (Å²) in [6.07, 6.45) is 1.98. The molecule has 0 unspecified atom stereocenters. The van der Waals surface area contributed by atoms with E-state index in [0.29, 0.717) is 0 Å². The third kappa shape index (κ3) is 2.99. The number of aromatic amines is 1. The number of fused-ring (bicyclic) bond motifs is 1. The molecule has 4 rings (SSSR count). The molecule has 0 bridgehead atoms. The zero-order chi connectivity index (χ0) is 16.5. The molecule has 4 nitrogen and oxygen atoms in total. The van der Waals surface area contributed by atoms with Gasteiger partial charge in [-0.15, -0.1) is 0 Å². The number of rotatable bonds is 3. The third-order valence-electron chi connectivity index (χ3n) is 4.84. The van der Waals surface area contributed by atoms with Crippen LogP contribution in [0.2, 0.25) is 5.02 Å². The average Bonchev–Trinajstić information content (AvgIpc) is 2.91. The lowest BCUT2D eigenvalue weighted by Gasteiger charge is -2.32. The lowest BCUT2D eigenvalue weighted by atomic mass is 10.0. The van der Waals surface area contributed by atoms with Gasteiger partial charge in [-0.2, -0.15) is 0 Å². The van der Waals surface area contributed by atoms with E-state index >= 15 is 0 Å². The Hall–Kier alpha value is -2.04. The van der Waals surface area contributed by atoms with Crippen LogP contribution >= 0.6 is 11.6 Å². The summed E-state index contributed by atoms with van der Waals surface area (Å²) in [5, 5.41) is 0.785. The molecule has 1 aliphatic heterocycles. The van der Waals surface area contributed by atoms with Gasteiger partial charge in [-0.25, -0.2) is 4.79 Å². The summed E-state index contributed by atoms with van der Waals surface area (Å²) in [6.45, 7) is 2.89. The van der Waals surface area contributed by atoms with Gasteiger partial charge in [0, 0.05) is 30.7 Å². The zero-order valence-corrected chi connectivity index (χ0v) is 14.2. The van der Waals surface area contributed by atoms with Gasteiger partial charge in [0.1, 0.15) is 0 Å². The van der Waals surface area contributed by atoms with Gasteiger partial charge in [0.2, 0.25) is 0 Å². The highest BCUT2D eigenvalue weighted by Crippen LogP contribution is 2.25. The molecular formula is C19H20ClN3O. The Morgan fingerprint density at radius 3 is 2.67 bits per heavy atom. The Balaban J connectivity index is 1.48. The van der Waals surface area contributed by atoms with Crippen molar-refractivity contribution in [3.05, 3.63) is 69.6 Å². The highest BCUT2D eigenvalue weighted by atomic mass is 35.5. The molecule has 2 heterocycles. The number of piperidine rings is 1. The van der Waals surface area contributed by atoms with Crippen LogP contribution in [0.25, 0.3) is 11.0 Å². The van der Waals surface area contributed by atoms with Crippen LogP contribution in [0.4, 0.5) is 0 Å². The van der Waals surface area contributed by atoms with E-state index in [2.05, 4.69) is 16.0 Å². The van der Waals surface area contributed by atoms with Crippen LogP contribution in [-0.4, -0.2) is 27.5 Å². The van der Waals surface area contributed by atoms with Crippen molar-refractivity contribution >= 4 is 22.6 Å². The van der Waals surface area contributed by atoms with E-state index in [0.717, 1.165) is 48.5 Å². The summed E-state index contributed by atoms with van der Waals surface area (Å²) in [6, 6.07) is 16.2. The molecule has 0 saturated carbocycles. The monoisotopic (exact) mass is 341 g/mol. The minimum absolute atomic E-state index is 0.00416. The fourth-order valence-electron chi connectivity index (χ4n) is 3.67. The van der Waals surface area contributed by atoms with E-state index in [1.54, 1.807) is 0 Å². The number of H-pyrrole nitrogens is 1. The second kappa shape index (κ2) is 6.46. The van der Waals surface area contributed by atoms with Crippen LogP contribution < -0.4 is 5.69 Å². The third-order valence-corrected chi connectivity index (χ3v) is 5.08. The van der Waals surface area contributed by atoms with E-state index in [1.807, 2.05) is 47.0 Å².